The van der Waals surface area contributed by atoms with Gasteiger partial charge in [0.05, 0.1) is 28.8 Å². The Morgan fingerprint density at radius 1 is 1.28 bits per heavy atom. The maximum atomic E-state index is 13.2. The molecule has 0 aliphatic carbocycles. The first-order valence-electron chi connectivity index (χ1n) is 9.60. The molecule has 2 atom stereocenters. The van der Waals surface area contributed by atoms with E-state index in [9.17, 15) is 9.59 Å². The molecule has 150 valence electrons. The van der Waals surface area contributed by atoms with Crippen LogP contribution in [0.3, 0.4) is 0 Å². The van der Waals surface area contributed by atoms with E-state index >= 15 is 0 Å². The van der Waals surface area contributed by atoms with Crippen molar-refractivity contribution < 1.29 is 9.53 Å². The number of ether oxygens (including phenoxy) is 1. The minimum Gasteiger partial charge on any atom is -0.376 e. The summed E-state index contributed by atoms with van der Waals surface area (Å²) < 4.78 is 8.35. The van der Waals surface area contributed by atoms with Gasteiger partial charge in [-0.2, -0.15) is 0 Å². The molecule has 0 saturated carbocycles. The third-order valence-corrected chi connectivity index (χ3v) is 6.64. The third-order valence-electron chi connectivity index (χ3n) is 5.02. The lowest BCUT2D eigenvalue weighted by Gasteiger charge is -2.18. The first-order chi connectivity index (χ1) is 14.0. The van der Waals surface area contributed by atoms with E-state index in [1.54, 1.807) is 22.8 Å². The molecule has 0 N–H and O–H groups in total. The SMILES string of the molecule is CC(Sc1nc2ccccc2c(=O)n1CC1CCCO1)C(=O)c1ccc(Br)cc1. The summed E-state index contributed by atoms with van der Waals surface area (Å²) in [7, 11) is 0. The molecular weight excluding hydrogens is 452 g/mol. The predicted molar refractivity (Wildman–Crippen MR) is 119 cm³/mol. The largest absolute Gasteiger partial charge is 0.376 e. The predicted octanol–water partition coefficient (Wildman–Crippen LogP) is 4.70. The number of carbonyl (C=O) groups is 1. The number of nitrogens with zero attached hydrogens (tertiary/aromatic N) is 2. The monoisotopic (exact) mass is 472 g/mol. The Balaban J connectivity index is 1.68. The van der Waals surface area contributed by atoms with E-state index in [1.165, 1.54) is 11.8 Å². The van der Waals surface area contributed by atoms with Crippen LogP contribution in [0, 0.1) is 0 Å². The molecule has 29 heavy (non-hydrogen) atoms. The van der Waals surface area contributed by atoms with Crippen molar-refractivity contribution >= 4 is 44.4 Å². The second-order valence-corrected chi connectivity index (χ2v) is 9.32. The van der Waals surface area contributed by atoms with Gasteiger partial charge < -0.3 is 4.74 Å². The summed E-state index contributed by atoms with van der Waals surface area (Å²) >= 11 is 4.72. The van der Waals surface area contributed by atoms with Gasteiger partial charge in [-0.05, 0) is 44.0 Å². The van der Waals surface area contributed by atoms with Gasteiger partial charge in [0.1, 0.15) is 0 Å². The van der Waals surface area contributed by atoms with Gasteiger partial charge in [0.25, 0.3) is 5.56 Å². The smallest absolute Gasteiger partial charge is 0.262 e. The topological polar surface area (TPSA) is 61.2 Å². The maximum absolute atomic E-state index is 13.2. The molecule has 5 nitrogen and oxygen atoms in total. The molecular formula is C22H21BrN2O3S. The van der Waals surface area contributed by atoms with E-state index in [1.807, 2.05) is 37.3 Å². The van der Waals surface area contributed by atoms with Gasteiger partial charge in [-0.15, -0.1) is 0 Å². The Labute approximate surface area is 181 Å². The average molecular weight is 473 g/mol. The number of ketones is 1. The van der Waals surface area contributed by atoms with Gasteiger partial charge in [-0.25, -0.2) is 4.98 Å². The number of halogens is 1. The van der Waals surface area contributed by atoms with Crippen molar-refractivity contribution in [2.75, 3.05) is 6.61 Å². The van der Waals surface area contributed by atoms with Crippen LogP contribution < -0.4 is 5.56 Å². The van der Waals surface area contributed by atoms with Gasteiger partial charge in [0, 0.05) is 16.6 Å². The van der Waals surface area contributed by atoms with Crippen LogP contribution in [0.4, 0.5) is 0 Å². The number of hydrogen-bond donors (Lipinski definition) is 0. The van der Waals surface area contributed by atoms with E-state index < -0.39 is 0 Å². The quantitative estimate of drug-likeness (QED) is 0.295. The van der Waals surface area contributed by atoms with Crippen molar-refractivity contribution in [3.63, 3.8) is 0 Å². The summed E-state index contributed by atoms with van der Waals surface area (Å²) in [4.78, 5) is 30.8. The van der Waals surface area contributed by atoms with Gasteiger partial charge in [-0.1, -0.05) is 52.0 Å². The molecule has 0 amide bonds. The van der Waals surface area contributed by atoms with Crippen LogP contribution in [0.25, 0.3) is 10.9 Å². The summed E-state index contributed by atoms with van der Waals surface area (Å²) in [6.07, 6.45) is 1.94. The van der Waals surface area contributed by atoms with Crippen molar-refractivity contribution in [2.24, 2.45) is 0 Å². The summed E-state index contributed by atoms with van der Waals surface area (Å²) in [6.45, 7) is 3.03. The molecule has 4 rings (SSSR count). The van der Waals surface area contributed by atoms with Crippen molar-refractivity contribution in [1.82, 2.24) is 9.55 Å². The lowest BCUT2D eigenvalue weighted by atomic mass is 10.1. The lowest BCUT2D eigenvalue weighted by molar-refractivity contribution is 0.0937. The highest BCUT2D eigenvalue weighted by Crippen LogP contribution is 2.26. The number of Topliss-reactive ketones (excluding diaryl/α,β-unsaturated/α-hetero) is 1. The van der Waals surface area contributed by atoms with Crippen molar-refractivity contribution in [3.8, 4) is 0 Å². The maximum Gasteiger partial charge on any atom is 0.262 e. The minimum atomic E-state index is -0.375. The summed E-state index contributed by atoms with van der Waals surface area (Å²) in [6, 6.07) is 14.6. The average Bonchev–Trinajstić information content (AvgIpc) is 3.24. The van der Waals surface area contributed by atoms with E-state index in [-0.39, 0.29) is 22.7 Å². The Bertz CT molecular complexity index is 1090. The number of thioether (sulfide) groups is 1. The molecule has 2 unspecified atom stereocenters. The Morgan fingerprint density at radius 2 is 2.03 bits per heavy atom. The second kappa shape index (κ2) is 8.81. The highest BCUT2D eigenvalue weighted by atomic mass is 79.9. The molecule has 1 saturated heterocycles. The van der Waals surface area contributed by atoms with Crippen molar-refractivity contribution in [3.05, 3.63) is 68.9 Å². The molecule has 2 heterocycles. The van der Waals surface area contributed by atoms with Crippen LogP contribution in [-0.4, -0.2) is 33.3 Å². The fraction of sp³-hybridized carbons (Fsp3) is 0.318. The van der Waals surface area contributed by atoms with Crippen LogP contribution in [0.15, 0.2) is 63.0 Å². The van der Waals surface area contributed by atoms with E-state index in [0.717, 1.165) is 23.9 Å². The fourth-order valence-electron chi connectivity index (χ4n) is 3.45. The highest BCUT2D eigenvalue weighted by Gasteiger charge is 2.23. The van der Waals surface area contributed by atoms with Gasteiger partial charge in [0.15, 0.2) is 10.9 Å². The first-order valence-corrected chi connectivity index (χ1v) is 11.3. The molecule has 0 radical (unpaired) electrons. The normalized spacial score (nSPS) is 17.5. The number of para-hydroxylation sites is 1. The van der Waals surface area contributed by atoms with Crippen molar-refractivity contribution in [1.29, 1.82) is 0 Å². The van der Waals surface area contributed by atoms with Crippen LogP contribution in [0.1, 0.15) is 30.1 Å². The molecule has 3 aromatic rings. The van der Waals surface area contributed by atoms with Gasteiger partial charge in [0.2, 0.25) is 0 Å². The van der Waals surface area contributed by atoms with Crippen LogP contribution in [0.2, 0.25) is 0 Å². The zero-order valence-electron chi connectivity index (χ0n) is 16.0. The third kappa shape index (κ3) is 4.47. The van der Waals surface area contributed by atoms with E-state index in [0.29, 0.717) is 28.2 Å². The highest BCUT2D eigenvalue weighted by molar-refractivity contribution is 9.10. The minimum absolute atomic E-state index is 0.00694. The molecule has 0 spiro atoms. The molecule has 0 bridgehead atoms. The van der Waals surface area contributed by atoms with Crippen LogP contribution in [0.5, 0.6) is 0 Å². The number of benzene rings is 2. The van der Waals surface area contributed by atoms with Crippen LogP contribution in [-0.2, 0) is 11.3 Å². The Kier molecular flexibility index (Phi) is 6.18. The number of aromatic nitrogens is 2. The second-order valence-electron chi connectivity index (χ2n) is 7.09. The Hall–Kier alpha value is -1.96. The van der Waals surface area contributed by atoms with Crippen molar-refractivity contribution in [2.45, 2.75) is 42.8 Å². The number of fused-ring (bicyclic) bond motifs is 1. The van der Waals surface area contributed by atoms with Gasteiger partial charge >= 0.3 is 0 Å². The molecule has 1 fully saturated rings. The number of rotatable bonds is 6. The van der Waals surface area contributed by atoms with E-state index in [4.69, 9.17) is 9.72 Å². The van der Waals surface area contributed by atoms with Crippen LogP contribution >= 0.6 is 27.7 Å². The summed E-state index contributed by atoms with van der Waals surface area (Å²) in [5, 5.41) is 0.767. The molecule has 7 heteroatoms. The molecule has 2 aromatic carbocycles. The standard InChI is InChI=1S/C22H21BrN2O3S/c1-14(20(26)15-8-10-16(23)11-9-15)29-22-24-19-7-3-2-6-18(19)21(27)25(22)13-17-5-4-12-28-17/h2-3,6-11,14,17H,4-5,12-13H2,1H3. The summed E-state index contributed by atoms with van der Waals surface area (Å²) in [5.74, 6) is 0.00794. The molecule has 1 aromatic heterocycles. The fourth-order valence-corrected chi connectivity index (χ4v) is 4.71. The molecule has 1 aliphatic rings. The number of hydrogen-bond acceptors (Lipinski definition) is 5. The molecule has 1 aliphatic heterocycles. The lowest BCUT2D eigenvalue weighted by Crippen LogP contribution is -2.29. The summed E-state index contributed by atoms with van der Waals surface area (Å²) in [5.41, 5.74) is 1.20. The van der Waals surface area contributed by atoms with Gasteiger partial charge in [-0.3, -0.25) is 14.2 Å². The van der Waals surface area contributed by atoms with E-state index in [2.05, 4.69) is 15.9 Å². The first kappa shape index (κ1) is 20.3. The Morgan fingerprint density at radius 3 is 2.76 bits per heavy atom. The zero-order chi connectivity index (χ0) is 20.4. The zero-order valence-corrected chi connectivity index (χ0v) is 18.4. The number of carbonyl (C=O) groups excluding carboxylic acids is 1.